The maximum Gasteiger partial charge on any atom is 0.0708 e. The van der Waals surface area contributed by atoms with Crippen LogP contribution >= 0.6 is 0 Å². The zero-order valence-corrected chi connectivity index (χ0v) is 11.2. The van der Waals surface area contributed by atoms with Crippen LogP contribution in [-0.2, 0) is 7.05 Å². The lowest BCUT2D eigenvalue weighted by Gasteiger charge is -2.02. The van der Waals surface area contributed by atoms with Crippen molar-refractivity contribution in [1.29, 1.82) is 0 Å². The van der Waals surface area contributed by atoms with E-state index in [4.69, 9.17) is 0 Å². The zero-order valence-electron chi connectivity index (χ0n) is 11.2. The van der Waals surface area contributed by atoms with Crippen LogP contribution in [0.4, 0.5) is 5.69 Å². The van der Waals surface area contributed by atoms with E-state index in [-0.39, 0.29) is 0 Å². The highest BCUT2D eigenvalue weighted by atomic mass is 15.0. The SMILES string of the molecule is Cc1ccc(C=Nc2cccc3ccccc23)n1C. The first-order valence-electron chi connectivity index (χ1n) is 6.40. The van der Waals surface area contributed by atoms with Gasteiger partial charge >= 0.3 is 0 Å². The molecule has 2 nitrogen and oxygen atoms in total. The minimum atomic E-state index is 1.01. The van der Waals surface area contributed by atoms with Crippen LogP contribution in [0.1, 0.15) is 11.4 Å². The number of rotatable bonds is 2. The molecule has 0 fully saturated rings. The fourth-order valence-corrected chi connectivity index (χ4v) is 2.22. The Labute approximate surface area is 113 Å². The quantitative estimate of drug-likeness (QED) is 0.604. The van der Waals surface area contributed by atoms with Gasteiger partial charge in [-0.25, -0.2) is 0 Å². The van der Waals surface area contributed by atoms with Crippen LogP contribution in [0.25, 0.3) is 10.8 Å². The lowest BCUT2D eigenvalue weighted by molar-refractivity contribution is 0.874. The molecule has 0 spiro atoms. The summed E-state index contributed by atoms with van der Waals surface area (Å²) >= 11 is 0. The summed E-state index contributed by atoms with van der Waals surface area (Å²) in [5, 5.41) is 2.41. The summed E-state index contributed by atoms with van der Waals surface area (Å²) in [7, 11) is 2.06. The molecular formula is C17H16N2. The summed E-state index contributed by atoms with van der Waals surface area (Å²) in [4.78, 5) is 4.63. The van der Waals surface area contributed by atoms with Crippen LogP contribution in [-0.4, -0.2) is 10.8 Å². The van der Waals surface area contributed by atoms with Gasteiger partial charge in [-0.15, -0.1) is 0 Å². The Hall–Kier alpha value is -2.35. The Bertz CT molecular complexity index is 746. The third-order valence-corrected chi connectivity index (χ3v) is 3.51. The maximum atomic E-state index is 4.63. The number of aliphatic imine (C=N–C) groups is 1. The monoisotopic (exact) mass is 248 g/mol. The summed E-state index contributed by atoms with van der Waals surface area (Å²) in [6.45, 7) is 2.09. The van der Waals surface area contributed by atoms with Crippen LogP contribution in [0.3, 0.4) is 0 Å². The molecule has 0 radical (unpaired) electrons. The molecule has 0 atom stereocenters. The van der Waals surface area contributed by atoms with Gasteiger partial charge in [-0.1, -0.05) is 36.4 Å². The first kappa shape index (κ1) is 11.7. The van der Waals surface area contributed by atoms with Gasteiger partial charge in [0.05, 0.1) is 17.6 Å². The van der Waals surface area contributed by atoms with E-state index in [1.165, 1.54) is 16.5 Å². The first-order valence-corrected chi connectivity index (χ1v) is 6.40. The van der Waals surface area contributed by atoms with Crippen LogP contribution < -0.4 is 0 Å². The standard InChI is InChI=1S/C17H16N2/c1-13-10-11-15(19(13)2)12-18-17-9-5-7-14-6-3-4-8-16(14)17/h3-12H,1-2H3. The predicted octanol–water partition coefficient (Wildman–Crippen LogP) is 4.24. The highest BCUT2D eigenvalue weighted by Gasteiger charge is 1.99. The molecule has 2 aromatic carbocycles. The highest BCUT2D eigenvalue weighted by Crippen LogP contribution is 2.25. The molecule has 0 saturated heterocycles. The summed E-state index contributed by atoms with van der Waals surface area (Å²) < 4.78 is 2.13. The highest BCUT2D eigenvalue weighted by molar-refractivity contribution is 5.94. The number of aromatic nitrogens is 1. The van der Waals surface area contributed by atoms with Crippen LogP contribution in [0.15, 0.2) is 59.6 Å². The van der Waals surface area contributed by atoms with Crippen LogP contribution in [0, 0.1) is 6.92 Å². The Morgan fingerprint density at radius 3 is 2.53 bits per heavy atom. The molecular weight excluding hydrogens is 232 g/mol. The largest absolute Gasteiger partial charge is 0.347 e. The van der Waals surface area contributed by atoms with Gasteiger partial charge in [0, 0.05) is 18.1 Å². The number of hydrogen-bond donors (Lipinski definition) is 0. The van der Waals surface area contributed by atoms with E-state index in [0.717, 1.165) is 11.4 Å². The summed E-state index contributed by atoms with van der Waals surface area (Å²) in [5.74, 6) is 0. The van der Waals surface area contributed by atoms with Crippen molar-refractivity contribution in [3.05, 3.63) is 66.0 Å². The average molecular weight is 248 g/mol. The third-order valence-electron chi connectivity index (χ3n) is 3.51. The predicted molar refractivity (Wildman–Crippen MR) is 81.4 cm³/mol. The van der Waals surface area contributed by atoms with Crippen molar-refractivity contribution in [2.24, 2.45) is 12.0 Å². The molecule has 2 heteroatoms. The maximum absolute atomic E-state index is 4.63. The van der Waals surface area contributed by atoms with E-state index in [9.17, 15) is 0 Å². The Balaban J connectivity index is 2.04. The van der Waals surface area contributed by atoms with Gasteiger partial charge in [0.15, 0.2) is 0 Å². The van der Waals surface area contributed by atoms with E-state index in [1.807, 2.05) is 18.3 Å². The fourth-order valence-electron chi connectivity index (χ4n) is 2.22. The molecule has 19 heavy (non-hydrogen) atoms. The van der Waals surface area contributed by atoms with Crippen LogP contribution in [0.5, 0.6) is 0 Å². The van der Waals surface area contributed by atoms with Crippen molar-refractivity contribution in [2.75, 3.05) is 0 Å². The average Bonchev–Trinajstić information content (AvgIpc) is 2.76. The molecule has 0 aliphatic rings. The number of hydrogen-bond acceptors (Lipinski definition) is 1. The summed E-state index contributed by atoms with van der Waals surface area (Å²) in [5.41, 5.74) is 3.36. The Morgan fingerprint density at radius 2 is 1.74 bits per heavy atom. The first-order chi connectivity index (χ1) is 9.25. The van der Waals surface area contributed by atoms with Crippen molar-refractivity contribution >= 4 is 22.7 Å². The molecule has 1 heterocycles. The molecule has 3 rings (SSSR count). The molecule has 3 aromatic rings. The Kier molecular flexibility index (Phi) is 2.92. The number of fused-ring (bicyclic) bond motifs is 1. The molecule has 0 bridgehead atoms. The van der Waals surface area contributed by atoms with E-state index >= 15 is 0 Å². The lowest BCUT2D eigenvalue weighted by atomic mass is 10.1. The van der Waals surface area contributed by atoms with E-state index in [1.54, 1.807) is 0 Å². The molecule has 0 aliphatic carbocycles. The molecule has 0 N–H and O–H groups in total. The summed E-state index contributed by atoms with van der Waals surface area (Å²) in [6, 6.07) is 18.7. The van der Waals surface area contributed by atoms with Gasteiger partial charge in [-0.05, 0) is 30.5 Å². The zero-order chi connectivity index (χ0) is 13.2. The minimum absolute atomic E-state index is 1.01. The third kappa shape index (κ3) is 2.17. The number of nitrogens with zero attached hydrogens (tertiary/aromatic N) is 2. The molecule has 0 saturated carbocycles. The number of benzene rings is 2. The van der Waals surface area contributed by atoms with Crippen molar-refractivity contribution < 1.29 is 0 Å². The molecule has 1 aromatic heterocycles. The smallest absolute Gasteiger partial charge is 0.0708 e. The van der Waals surface area contributed by atoms with Crippen molar-refractivity contribution in [2.45, 2.75) is 6.92 Å². The van der Waals surface area contributed by atoms with E-state index < -0.39 is 0 Å². The van der Waals surface area contributed by atoms with E-state index in [0.29, 0.717) is 0 Å². The molecule has 0 unspecified atom stereocenters. The minimum Gasteiger partial charge on any atom is -0.347 e. The second kappa shape index (κ2) is 4.73. The molecule has 94 valence electrons. The van der Waals surface area contributed by atoms with E-state index in [2.05, 4.69) is 66.0 Å². The van der Waals surface area contributed by atoms with Gasteiger partial charge in [-0.3, -0.25) is 4.99 Å². The second-order valence-corrected chi connectivity index (χ2v) is 4.72. The summed E-state index contributed by atoms with van der Waals surface area (Å²) in [6.07, 6.45) is 1.93. The Morgan fingerprint density at radius 1 is 0.947 bits per heavy atom. The normalized spacial score (nSPS) is 11.5. The van der Waals surface area contributed by atoms with Gasteiger partial charge in [0.1, 0.15) is 0 Å². The van der Waals surface area contributed by atoms with Crippen LogP contribution in [0.2, 0.25) is 0 Å². The van der Waals surface area contributed by atoms with Crippen molar-refractivity contribution in [3.63, 3.8) is 0 Å². The van der Waals surface area contributed by atoms with Crippen molar-refractivity contribution in [1.82, 2.24) is 4.57 Å². The number of aryl methyl sites for hydroxylation is 1. The molecule has 0 aliphatic heterocycles. The van der Waals surface area contributed by atoms with Crippen molar-refractivity contribution in [3.8, 4) is 0 Å². The van der Waals surface area contributed by atoms with Gasteiger partial charge in [0.25, 0.3) is 0 Å². The van der Waals surface area contributed by atoms with Gasteiger partial charge in [0.2, 0.25) is 0 Å². The molecule has 0 amide bonds. The lowest BCUT2D eigenvalue weighted by Crippen LogP contribution is -1.96. The van der Waals surface area contributed by atoms with Gasteiger partial charge < -0.3 is 4.57 Å². The fraction of sp³-hybridized carbons (Fsp3) is 0.118. The van der Waals surface area contributed by atoms with Gasteiger partial charge in [-0.2, -0.15) is 0 Å². The second-order valence-electron chi connectivity index (χ2n) is 4.72. The topological polar surface area (TPSA) is 17.3 Å².